The van der Waals surface area contributed by atoms with Gasteiger partial charge in [0, 0.05) is 26.3 Å². The van der Waals surface area contributed by atoms with Gasteiger partial charge in [-0.05, 0) is 6.42 Å². The Hall–Kier alpha value is -0.0200. The molecule has 1 heterocycles. The number of nitrogens with zero attached hydrogens (tertiary/aromatic N) is 2. The molecule has 0 aromatic carbocycles. The molecular formula is C7H15BrN2. The summed E-state index contributed by atoms with van der Waals surface area (Å²) in [5.74, 6) is 0. The normalized spacial score (nSPS) is 17.6. The average Bonchev–Trinajstić information content (AvgIpc) is 2.18. The van der Waals surface area contributed by atoms with E-state index in [2.05, 4.69) is 36.3 Å². The molecule has 0 saturated carbocycles. The van der Waals surface area contributed by atoms with E-state index in [0.717, 1.165) is 6.54 Å². The number of halogens is 1. The summed E-state index contributed by atoms with van der Waals surface area (Å²) >= 11 is 0. The Morgan fingerprint density at radius 3 is 2.60 bits per heavy atom. The molecule has 0 unspecified atom stereocenters. The maximum absolute atomic E-state index is 2.31. The summed E-state index contributed by atoms with van der Waals surface area (Å²) in [4.78, 5) is 0. The molecule has 0 N–H and O–H groups in total. The first-order valence-electron chi connectivity index (χ1n) is 3.49. The predicted octanol–water partition coefficient (Wildman–Crippen LogP) is 1.65. The molecule has 0 atom stereocenters. The zero-order valence-corrected chi connectivity index (χ0v) is 8.29. The maximum atomic E-state index is 2.31. The minimum Gasteiger partial charge on any atom is -0.316 e. The van der Waals surface area contributed by atoms with Crippen LogP contribution < -0.4 is 0 Å². The molecule has 0 saturated heterocycles. The van der Waals surface area contributed by atoms with Crippen LogP contribution in [0, 0.1) is 0 Å². The topological polar surface area (TPSA) is 6.48 Å². The molecule has 0 bridgehead atoms. The Morgan fingerprint density at radius 1 is 1.50 bits per heavy atom. The monoisotopic (exact) mass is 206 g/mol. The number of hydrazine groups is 1. The lowest BCUT2D eigenvalue weighted by Gasteiger charge is -2.23. The van der Waals surface area contributed by atoms with Gasteiger partial charge < -0.3 is 5.01 Å². The summed E-state index contributed by atoms with van der Waals surface area (Å²) in [7, 11) is 2.08. The lowest BCUT2D eigenvalue weighted by atomic mass is 10.4. The number of rotatable bonds is 2. The van der Waals surface area contributed by atoms with Crippen molar-refractivity contribution < 1.29 is 0 Å². The SMILES string of the molecule is Br.CCCN1CC=CN1C. The summed E-state index contributed by atoms with van der Waals surface area (Å²) < 4.78 is 0. The third kappa shape index (κ3) is 2.31. The summed E-state index contributed by atoms with van der Waals surface area (Å²) in [5.41, 5.74) is 0. The molecule has 0 spiro atoms. The fourth-order valence-corrected chi connectivity index (χ4v) is 1.05. The third-order valence-electron chi connectivity index (χ3n) is 1.57. The molecule has 0 aliphatic carbocycles. The molecule has 1 rings (SSSR count). The predicted molar refractivity (Wildman–Crippen MR) is 49.1 cm³/mol. The van der Waals surface area contributed by atoms with E-state index in [9.17, 15) is 0 Å². The Kier molecular flexibility index (Phi) is 4.73. The highest BCUT2D eigenvalue weighted by atomic mass is 79.9. The molecule has 0 radical (unpaired) electrons. The highest BCUT2D eigenvalue weighted by Gasteiger charge is 2.08. The van der Waals surface area contributed by atoms with E-state index >= 15 is 0 Å². The first kappa shape index (κ1) is 9.98. The molecule has 0 fully saturated rings. The van der Waals surface area contributed by atoms with Crippen LogP contribution >= 0.6 is 17.0 Å². The van der Waals surface area contributed by atoms with Crippen LogP contribution in [0.1, 0.15) is 13.3 Å². The molecule has 3 heteroatoms. The standard InChI is InChI=1S/C7H14N2.BrH/c1-3-5-9-7-4-6-8(9)2;/h4,6H,3,5,7H2,1-2H3;1H. The van der Waals surface area contributed by atoms with Gasteiger partial charge in [-0.15, -0.1) is 17.0 Å². The summed E-state index contributed by atoms with van der Waals surface area (Å²) in [6.07, 6.45) is 5.51. The third-order valence-corrected chi connectivity index (χ3v) is 1.57. The Labute approximate surface area is 73.2 Å². The second kappa shape index (κ2) is 4.74. The van der Waals surface area contributed by atoms with Crippen molar-refractivity contribution in [1.29, 1.82) is 0 Å². The molecular weight excluding hydrogens is 192 g/mol. The van der Waals surface area contributed by atoms with Crippen LogP contribution in [0.5, 0.6) is 0 Å². The minimum atomic E-state index is 0. The van der Waals surface area contributed by atoms with Crippen LogP contribution in [-0.4, -0.2) is 30.2 Å². The van der Waals surface area contributed by atoms with Crippen LogP contribution in [-0.2, 0) is 0 Å². The van der Waals surface area contributed by atoms with Crippen molar-refractivity contribution in [3.05, 3.63) is 12.3 Å². The fourth-order valence-electron chi connectivity index (χ4n) is 1.05. The van der Waals surface area contributed by atoms with Crippen molar-refractivity contribution in [3.63, 3.8) is 0 Å². The number of hydrogen-bond donors (Lipinski definition) is 0. The molecule has 0 aromatic heterocycles. The first-order chi connectivity index (χ1) is 4.34. The van der Waals surface area contributed by atoms with Crippen LogP contribution in [0.25, 0.3) is 0 Å². The van der Waals surface area contributed by atoms with E-state index in [0.29, 0.717) is 0 Å². The largest absolute Gasteiger partial charge is 0.316 e. The highest BCUT2D eigenvalue weighted by molar-refractivity contribution is 8.93. The van der Waals surface area contributed by atoms with Gasteiger partial charge in [-0.1, -0.05) is 13.0 Å². The summed E-state index contributed by atoms with van der Waals surface area (Å²) in [6, 6.07) is 0. The Bertz CT molecular complexity index is 114. The zero-order chi connectivity index (χ0) is 6.69. The van der Waals surface area contributed by atoms with Crippen molar-refractivity contribution >= 4 is 17.0 Å². The lowest BCUT2D eigenvalue weighted by molar-refractivity contribution is 0.0805. The van der Waals surface area contributed by atoms with Gasteiger partial charge in [0.05, 0.1) is 0 Å². The highest BCUT2D eigenvalue weighted by Crippen LogP contribution is 2.03. The minimum absolute atomic E-state index is 0. The van der Waals surface area contributed by atoms with Crippen molar-refractivity contribution in [1.82, 2.24) is 10.0 Å². The van der Waals surface area contributed by atoms with E-state index in [-0.39, 0.29) is 17.0 Å². The Morgan fingerprint density at radius 2 is 2.20 bits per heavy atom. The van der Waals surface area contributed by atoms with Crippen LogP contribution in [0.2, 0.25) is 0 Å². The van der Waals surface area contributed by atoms with Crippen LogP contribution in [0.3, 0.4) is 0 Å². The smallest absolute Gasteiger partial charge is 0.0378 e. The van der Waals surface area contributed by atoms with Gasteiger partial charge in [0.2, 0.25) is 0 Å². The molecule has 10 heavy (non-hydrogen) atoms. The Balaban J connectivity index is 0.000000810. The second-order valence-corrected chi connectivity index (χ2v) is 2.37. The molecule has 2 nitrogen and oxygen atoms in total. The van der Waals surface area contributed by atoms with E-state index < -0.39 is 0 Å². The average molecular weight is 207 g/mol. The van der Waals surface area contributed by atoms with Crippen molar-refractivity contribution in [3.8, 4) is 0 Å². The van der Waals surface area contributed by atoms with Crippen molar-refractivity contribution in [2.45, 2.75) is 13.3 Å². The van der Waals surface area contributed by atoms with Gasteiger partial charge in [-0.3, -0.25) is 0 Å². The summed E-state index contributed by atoms with van der Waals surface area (Å²) in [6.45, 7) is 4.46. The van der Waals surface area contributed by atoms with Gasteiger partial charge in [0.1, 0.15) is 0 Å². The maximum Gasteiger partial charge on any atom is 0.0378 e. The van der Waals surface area contributed by atoms with Gasteiger partial charge in [-0.25, -0.2) is 5.01 Å². The van der Waals surface area contributed by atoms with Crippen molar-refractivity contribution in [2.75, 3.05) is 20.1 Å². The molecule has 60 valence electrons. The van der Waals surface area contributed by atoms with E-state index in [1.54, 1.807) is 0 Å². The quantitative estimate of drug-likeness (QED) is 0.679. The van der Waals surface area contributed by atoms with Gasteiger partial charge in [0.15, 0.2) is 0 Å². The van der Waals surface area contributed by atoms with E-state index in [1.165, 1.54) is 13.0 Å². The lowest BCUT2D eigenvalue weighted by Crippen LogP contribution is -2.32. The van der Waals surface area contributed by atoms with Crippen LogP contribution in [0.15, 0.2) is 12.3 Å². The molecule has 0 aromatic rings. The molecule has 0 amide bonds. The fraction of sp³-hybridized carbons (Fsp3) is 0.714. The van der Waals surface area contributed by atoms with E-state index in [1.807, 2.05) is 0 Å². The van der Waals surface area contributed by atoms with Gasteiger partial charge >= 0.3 is 0 Å². The zero-order valence-electron chi connectivity index (χ0n) is 6.58. The second-order valence-electron chi connectivity index (χ2n) is 2.37. The molecule has 1 aliphatic heterocycles. The summed E-state index contributed by atoms with van der Waals surface area (Å²) in [5, 5.41) is 4.45. The van der Waals surface area contributed by atoms with Gasteiger partial charge in [0.25, 0.3) is 0 Å². The van der Waals surface area contributed by atoms with Crippen molar-refractivity contribution in [2.24, 2.45) is 0 Å². The van der Waals surface area contributed by atoms with E-state index in [4.69, 9.17) is 0 Å². The molecule has 1 aliphatic rings. The number of hydrogen-bond acceptors (Lipinski definition) is 2. The van der Waals surface area contributed by atoms with Gasteiger partial charge in [-0.2, -0.15) is 0 Å². The first-order valence-corrected chi connectivity index (χ1v) is 3.49. The van der Waals surface area contributed by atoms with Crippen LogP contribution in [0.4, 0.5) is 0 Å².